The molecule has 2 amide bonds. The Morgan fingerprint density at radius 3 is 2.26 bits per heavy atom. The Bertz CT molecular complexity index is 706. The highest BCUT2D eigenvalue weighted by atomic mass is 16.2. The minimum Gasteiger partial charge on any atom is -0.339 e. The maximum atomic E-state index is 12.4. The second kappa shape index (κ2) is 7.58. The molecule has 120 valence electrons. The molecule has 1 N–H and O–H groups in total. The van der Waals surface area contributed by atoms with E-state index in [4.69, 9.17) is 0 Å². The maximum Gasteiger partial charge on any atom is 0.255 e. The average molecular weight is 310 g/mol. The van der Waals surface area contributed by atoms with E-state index in [-0.39, 0.29) is 11.8 Å². The summed E-state index contributed by atoms with van der Waals surface area (Å²) in [5, 5.41) is 2.85. The van der Waals surface area contributed by atoms with Crippen molar-refractivity contribution in [1.82, 2.24) is 4.90 Å². The number of hydrogen-bond donors (Lipinski definition) is 1. The lowest BCUT2D eigenvalue weighted by molar-refractivity contribution is 0.0772. The zero-order valence-electron chi connectivity index (χ0n) is 13.8. The molecule has 0 aromatic heterocycles. The summed E-state index contributed by atoms with van der Waals surface area (Å²) in [4.78, 5) is 26.4. The molecule has 0 aliphatic rings. The molecular formula is C19H22N2O2. The highest BCUT2D eigenvalue weighted by Gasteiger charge is 2.13. The molecule has 0 aliphatic heterocycles. The first-order valence-corrected chi connectivity index (χ1v) is 7.82. The fourth-order valence-electron chi connectivity index (χ4n) is 2.41. The van der Waals surface area contributed by atoms with E-state index in [0.717, 1.165) is 5.56 Å². The zero-order chi connectivity index (χ0) is 16.8. The molecule has 0 bridgehead atoms. The molecule has 2 aromatic carbocycles. The molecular weight excluding hydrogens is 288 g/mol. The number of benzene rings is 2. The van der Waals surface area contributed by atoms with E-state index in [1.54, 1.807) is 35.2 Å². The third-order valence-electron chi connectivity index (χ3n) is 3.70. The standard InChI is InChI=1S/C19H22N2O2/c1-4-21(5-2)19(23)16-10-7-11-17(13-16)20-18(22)15-9-6-8-14(3)12-15/h6-13H,4-5H2,1-3H3,(H,20,22). The summed E-state index contributed by atoms with van der Waals surface area (Å²) in [5.41, 5.74) is 2.83. The molecule has 0 atom stereocenters. The molecule has 0 spiro atoms. The summed E-state index contributed by atoms with van der Waals surface area (Å²) in [5.74, 6) is -0.206. The minimum absolute atomic E-state index is 0.0262. The summed E-state index contributed by atoms with van der Waals surface area (Å²) in [6.45, 7) is 7.17. The van der Waals surface area contributed by atoms with Crippen LogP contribution in [-0.2, 0) is 0 Å². The van der Waals surface area contributed by atoms with Crippen LogP contribution in [0, 0.1) is 6.92 Å². The van der Waals surface area contributed by atoms with E-state index in [9.17, 15) is 9.59 Å². The first kappa shape index (κ1) is 16.7. The van der Waals surface area contributed by atoms with Crippen molar-refractivity contribution < 1.29 is 9.59 Å². The van der Waals surface area contributed by atoms with Gasteiger partial charge in [0.25, 0.3) is 11.8 Å². The molecule has 0 fully saturated rings. The summed E-state index contributed by atoms with van der Waals surface area (Å²) in [6.07, 6.45) is 0. The van der Waals surface area contributed by atoms with Crippen molar-refractivity contribution >= 4 is 17.5 Å². The first-order chi connectivity index (χ1) is 11.0. The monoisotopic (exact) mass is 310 g/mol. The Balaban J connectivity index is 2.17. The molecule has 0 radical (unpaired) electrons. The molecule has 2 rings (SSSR count). The van der Waals surface area contributed by atoms with Crippen LogP contribution in [0.25, 0.3) is 0 Å². The van der Waals surface area contributed by atoms with Crippen LogP contribution in [-0.4, -0.2) is 29.8 Å². The summed E-state index contributed by atoms with van der Waals surface area (Å²) < 4.78 is 0. The van der Waals surface area contributed by atoms with Gasteiger partial charge in [-0.25, -0.2) is 0 Å². The van der Waals surface area contributed by atoms with Gasteiger partial charge in [0.2, 0.25) is 0 Å². The van der Waals surface area contributed by atoms with Crippen LogP contribution in [0.3, 0.4) is 0 Å². The van der Waals surface area contributed by atoms with Crippen LogP contribution in [0.15, 0.2) is 48.5 Å². The van der Waals surface area contributed by atoms with Crippen LogP contribution in [0.4, 0.5) is 5.69 Å². The van der Waals surface area contributed by atoms with Crippen LogP contribution in [0.5, 0.6) is 0 Å². The lowest BCUT2D eigenvalue weighted by Crippen LogP contribution is -2.30. The average Bonchev–Trinajstić information content (AvgIpc) is 2.56. The van der Waals surface area contributed by atoms with Gasteiger partial charge < -0.3 is 10.2 Å². The quantitative estimate of drug-likeness (QED) is 0.915. The Morgan fingerprint density at radius 1 is 0.957 bits per heavy atom. The van der Waals surface area contributed by atoms with Gasteiger partial charge in [0.15, 0.2) is 0 Å². The fraction of sp³-hybridized carbons (Fsp3) is 0.263. The van der Waals surface area contributed by atoms with Crippen molar-refractivity contribution in [2.24, 2.45) is 0 Å². The highest BCUT2D eigenvalue weighted by molar-refractivity contribution is 6.05. The van der Waals surface area contributed by atoms with Gasteiger partial charge >= 0.3 is 0 Å². The van der Waals surface area contributed by atoms with Crippen LogP contribution in [0.1, 0.15) is 40.1 Å². The predicted octanol–water partition coefficient (Wildman–Crippen LogP) is 3.73. The number of aryl methyl sites for hydroxylation is 1. The molecule has 23 heavy (non-hydrogen) atoms. The molecule has 0 unspecified atom stereocenters. The molecule has 0 heterocycles. The van der Waals surface area contributed by atoms with Crippen molar-refractivity contribution in [2.75, 3.05) is 18.4 Å². The van der Waals surface area contributed by atoms with Crippen molar-refractivity contribution in [2.45, 2.75) is 20.8 Å². The zero-order valence-corrected chi connectivity index (χ0v) is 13.8. The third kappa shape index (κ3) is 4.19. The molecule has 0 saturated heterocycles. The van der Waals surface area contributed by atoms with Gasteiger partial charge in [-0.3, -0.25) is 9.59 Å². The number of nitrogens with zero attached hydrogens (tertiary/aromatic N) is 1. The number of carbonyl (C=O) groups excluding carboxylic acids is 2. The molecule has 2 aromatic rings. The Labute approximate surface area is 137 Å². The van der Waals surface area contributed by atoms with Gasteiger partial charge in [-0.2, -0.15) is 0 Å². The molecule has 4 heteroatoms. The number of carbonyl (C=O) groups is 2. The van der Waals surface area contributed by atoms with E-state index in [1.807, 2.05) is 39.0 Å². The van der Waals surface area contributed by atoms with E-state index in [2.05, 4.69) is 5.32 Å². The van der Waals surface area contributed by atoms with Crippen LogP contribution >= 0.6 is 0 Å². The Hall–Kier alpha value is -2.62. The van der Waals surface area contributed by atoms with E-state index in [1.165, 1.54) is 0 Å². The molecule has 0 aliphatic carbocycles. The Morgan fingerprint density at radius 2 is 1.61 bits per heavy atom. The summed E-state index contributed by atoms with van der Waals surface area (Å²) in [7, 11) is 0. The SMILES string of the molecule is CCN(CC)C(=O)c1cccc(NC(=O)c2cccc(C)c2)c1. The second-order valence-corrected chi connectivity index (χ2v) is 5.38. The topological polar surface area (TPSA) is 49.4 Å². The normalized spacial score (nSPS) is 10.2. The fourth-order valence-corrected chi connectivity index (χ4v) is 2.41. The van der Waals surface area contributed by atoms with Gasteiger partial charge in [0, 0.05) is 29.9 Å². The number of amides is 2. The predicted molar refractivity (Wildman–Crippen MR) is 92.8 cm³/mol. The summed E-state index contributed by atoms with van der Waals surface area (Å²) >= 11 is 0. The third-order valence-corrected chi connectivity index (χ3v) is 3.70. The number of anilines is 1. The lowest BCUT2D eigenvalue weighted by atomic mass is 10.1. The van der Waals surface area contributed by atoms with Gasteiger partial charge in [0.05, 0.1) is 0 Å². The van der Waals surface area contributed by atoms with Crippen molar-refractivity contribution in [3.8, 4) is 0 Å². The smallest absolute Gasteiger partial charge is 0.255 e. The number of rotatable bonds is 5. The van der Waals surface area contributed by atoms with Crippen molar-refractivity contribution in [3.63, 3.8) is 0 Å². The number of hydrogen-bond acceptors (Lipinski definition) is 2. The van der Waals surface area contributed by atoms with E-state index >= 15 is 0 Å². The highest BCUT2D eigenvalue weighted by Crippen LogP contribution is 2.14. The van der Waals surface area contributed by atoms with E-state index in [0.29, 0.717) is 29.9 Å². The maximum absolute atomic E-state index is 12.4. The molecule has 4 nitrogen and oxygen atoms in total. The van der Waals surface area contributed by atoms with Crippen LogP contribution in [0.2, 0.25) is 0 Å². The van der Waals surface area contributed by atoms with Gasteiger partial charge in [0.1, 0.15) is 0 Å². The van der Waals surface area contributed by atoms with Gasteiger partial charge in [-0.05, 0) is 51.1 Å². The second-order valence-electron chi connectivity index (χ2n) is 5.38. The number of nitrogens with one attached hydrogen (secondary N) is 1. The van der Waals surface area contributed by atoms with Crippen LogP contribution < -0.4 is 5.32 Å². The van der Waals surface area contributed by atoms with Crippen molar-refractivity contribution in [1.29, 1.82) is 0 Å². The summed E-state index contributed by atoms with van der Waals surface area (Å²) in [6, 6.07) is 14.4. The van der Waals surface area contributed by atoms with E-state index < -0.39 is 0 Å². The van der Waals surface area contributed by atoms with Gasteiger partial charge in [-0.1, -0.05) is 23.8 Å². The van der Waals surface area contributed by atoms with Gasteiger partial charge in [-0.15, -0.1) is 0 Å². The lowest BCUT2D eigenvalue weighted by Gasteiger charge is -2.19. The van der Waals surface area contributed by atoms with Crippen molar-refractivity contribution in [3.05, 3.63) is 65.2 Å². The molecule has 0 saturated carbocycles. The largest absolute Gasteiger partial charge is 0.339 e. The first-order valence-electron chi connectivity index (χ1n) is 7.82. The minimum atomic E-state index is -0.180. The Kier molecular flexibility index (Phi) is 5.52.